The first kappa shape index (κ1) is 19.8. The average Bonchev–Trinajstić information content (AvgIpc) is 3.19. The first-order valence-electron chi connectivity index (χ1n) is 8.23. The molecule has 2 heterocycles. The van der Waals surface area contributed by atoms with E-state index in [4.69, 9.17) is 4.74 Å². The van der Waals surface area contributed by atoms with Crippen LogP contribution in [0.2, 0.25) is 0 Å². The zero-order valence-electron chi connectivity index (χ0n) is 15.8. The molecule has 10 heteroatoms. The summed E-state index contributed by atoms with van der Waals surface area (Å²) in [6.45, 7) is 9.66. The summed E-state index contributed by atoms with van der Waals surface area (Å²) in [6, 6.07) is -0.450. The lowest BCUT2D eigenvalue weighted by Crippen LogP contribution is -2.34. The zero-order chi connectivity index (χ0) is 19.5. The van der Waals surface area contributed by atoms with Crippen molar-refractivity contribution in [2.24, 2.45) is 0 Å². The molecule has 9 nitrogen and oxygen atoms in total. The smallest absolute Gasteiger partial charge is 0.408 e. The van der Waals surface area contributed by atoms with Crippen molar-refractivity contribution in [2.45, 2.75) is 46.3 Å². The summed E-state index contributed by atoms with van der Waals surface area (Å²) >= 11 is 1.22. The van der Waals surface area contributed by atoms with E-state index in [1.54, 1.807) is 39.6 Å². The Kier molecular flexibility index (Phi) is 5.96. The molecule has 0 aliphatic carbocycles. The Morgan fingerprint density at radius 2 is 2.08 bits per heavy atom. The minimum Gasteiger partial charge on any atom is -0.444 e. The van der Waals surface area contributed by atoms with Crippen LogP contribution in [0.1, 0.15) is 56.2 Å². The largest absolute Gasteiger partial charge is 0.444 e. The van der Waals surface area contributed by atoms with E-state index in [-0.39, 0.29) is 5.91 Å². The van der Waals surface area contributed by atoms with E-state index in [2.05, 4.69) is 20.4 Å². The average molecular weight is 380 g/mol. The summed E-state index contributed by atoms with van der Waals surface area (Å²) in [5.74, 6) is 0.394. The minimum absolute atomic E-state index is 0.0992. The topological polar surface area (TPSA) is 102 Å². The Hall–Kier alpha value is -2.49. The summed E-state index contributed by atoms with van der Waals surface area (Å²) in [4.78, 5) is 34.8. The van der Waals surface area contributed by atoms with Crippen molar-refractivity contribution >= 4 is 23.3 Å². The Morgan fingerprint density at radius 3 is 2.69 bits per heavy atom. The van der Waals surface area contributed by atoms with Crippen molar-refractivity contribution in [3.05, 3.63) is 23.2 Å². The molecular weight excluding hydrogens is 356 g/mol. The predicted octanol–water partition coefficient (Wildman–Crippen LogP) is 2.40. The third-order valence-electron chi connectivity index (χ3n) is 3.40. The van der Waals surface area contributed by atoms with Crippen molar-refractivity contribution in [1.29, 1.82) is 0 Å². The van der Waals surface area contributed by atoms with Crippen LogP contribution in [0, 0.1) is 0 Å². The van der Waals surface area contributed by atoms with Crippen LogP contribution in [-0.2, 0) is 4.74 Å². The maximum atomic E-state index is 12.2. The number of aromatic nitrogens is 4. The van der Waals surface area contributed by atoms with E-state index in [0.717, 1.165) is 0 Å². The molecule has 0 saturated heterocycles. The zero-order valence-corrected chi connectivity index (χ0v) is 16.6. The van der Waals surface area contributed by atoms with Crippen molar-refractivity contribution < 1.29 is 14.3 Å². The maximum Gasteiger partial charge on any atom is 0.408 e. The number of nitrogens with one attached hydrogen (secondary N) is 1. The van der Waals surface area contributed by atoms with E-state index in [9.17, 15) is 9.59 Å². The number of amides is 2. The molecular formula is C16H24N6O3S. The van der Waals surface area contributed by atoms with Crippen LogP contribution in [0.15, 0.2) is 12.5 Å². The number of hydrogen-bond acceptors (Lipinski definition) is 7. The summed E-state index contributed by atoms with van der Waals surface area (Å²) in [5.41, 5.74) is -0.590. The SMILES string of the molecule is CCN(C)C(=O)c1cnc(-n2ncnc2[C@H](C)NC(=O)OC(C)(C)C)s1. The number of thiazole rings is 1. The van der Waals surface area contributed by atoms with Gasteiger partial charge in [-0.05, 0) is 34.6 Å². The molecule has 0 aliphatic heterocycles. The van der Waals surface area contributed by atoms with Gasteiger partial charge in [0.2, 0.25) is 5.13 Å². The lowest BCUT2D eigenvalue weighted by atomic mass is 10.2. The third-order valence-corrected chi connectivity index (χ3v) is 4.36. The van der Waals surface area contributed by atoms with Gasteiger partial charge in [0.25, 0.3) is 5.91 Å². The van der Waals surface area contributed by atoms with Crippen LogP contribution in [0.3, 0.4) is 0 Å². The number of alkyl carbamates (subject to hydrolysis) is 1. The third kappa shape index (κ3) is 4.78. The van der Waals surface area contributed by atoms with E-state index < -0.39 is 17.7 Å². The number of nitrogens with zero attached hydrogens (tertiary/aromatic N) is 5. The predicted molar refractivity (Wildman–Crippen MR) is 97.5 cm³/mol. The molecule has 2 rings (SSSR count). The van der Waals surface area contributed by atoms with Crippen LogP contribution < -0.4 is 5.32 Å². The molecule has 2 amide bonds. The van der Waals surface area contributed by atoms with E-state index >= 15 is 0 Å². The number of carbonyl (C=O) groups excluding carboxylic acids is 2. The molecule has 1 atom stereocenters. The molecule has 0 aromatic carbocycles. The van der Waals surface area contributed by atoms with Gasteiger partial charge in [0.1, 0.15) is 16.8 Å². The Morgan fingerprint density at radius 1 is 1.38 bits per heavy atom. The second-order valence-electron chi connectivity index (χ2n) is 6.72. The summed E-state index contributed by atoms with van der Waals surface area (Å²) < 4.78 is 6.76. The maximum absolute atomic E-state index is 12.2. The van der Waals surface area contributed by atoms with Crippen molar-refractivity contribution in [2.75, 3.05) is 13.6 Å². The number of hydrogen-bond donors (Lipinski definition) is 1. The Balaban J connectivity index is 2.17. The highest BCUT2D eigenvalue weighted by molar-refractivity contribution is 7.16. The molecule has 0 fully saturated rings. The lowest BCUT2D eigenvalue weighted by Gasteiger charge is -2.21. The molecule has 2 aromatic heterocycles. The van der Waals surface area contributed by atoms with Gasteiger partial charge in [0.05, 0.1) is 12.2 Å². The van der Waals surface area contributed by atoms with Gasteiger partial charge in [0, 0.05) is 13.6 Å². The first-order valence-corrected chi connectivity index (χ1v) is 9.05. The molecule has 0 saturated carbocycles. The standard InChI is InChI=1S/C16H24N6O3S/c1-7-21(6)13(23)11-8-17-14(26-11)22-12(18-9-19-22)10(2)20-15(24)25-16(3,4)5/h8-10H,7H2,1-6H3,(H,20,24)/t10-/m0/s1. The van der Waals surface area contributed by atoms with Gasteiger partial charge in [0.15, 0.2) is 5.82 Å². The number of ether oxygens (including phenoxy) is 1. The summed E-state index contributed by atoms with van der Waals surface area (Å²) in [5, 5.41) is 7.39. The van der Waals surface area contributed by atoms with Crippen molar-refractivity contribution in [1.82, 2.24) is 30.0 Å². The Bertz CT molecular complexity index is 779. The fourth-order valence-corrected chi connectivity index (χ4v) is 2.91. The van der Waals surface area contributed by atoms with E-state index in [1.807, 2.05) is 6.92 Å². The van der Waals surface area contributed by atoms with Crippen LogP contribution in [0.4, 0.5) is 4.79 Å². The van der Waals surface area contributed by atoms with E-state index in [1.165, 1.54) is 28.5 Å². The normalized spacial score (nSPS) is 12.5. The van der Waals surface area contributed by atoms with Gasteiger partial charge < -0.3 is 15.0 Å². The van der Waals surface area contributed by atoms with Gasteiger partial charge in [-0.3, -0.25) is 4.79 Å². The second-order valence-corrected chi connectivity index (χ2v) is 7.73. The van der Waals surface area contributed by atoms with Crippen molar-refractivity contribution in [3.63, 3.8) is 0 Å². The van der Waals surface area contributed by atoms with Gasteiger partial charge in [-0.25, -0.2) is 14.8 Å². The fourth-order valence-electron chi connectivity index (χ4n) is 2.04. The lowest BCUT2D eigenvalue weighted by molar-refractivity contribution is 0.0505. The monoisotopic (exact) mass is 380 g/mol. The molecule has 26 heavy (non-hydrogen) atoms. The highest BCUT2D eigenvalue weighted by atomic mass is 32.1. The van der Waals surface area contributed by atoms with E-state index in [0.29, 0.717) is 22.4 Å². The molecule has 142 valence electrons. The molecule has 0 radical (unpaired) electrons. The molecule has 0 spiro atoms. The molecule has 1 N–H and O–H groups in total. The second kappa shape index (κ2) is 7.81. The van der Waals surface area contributed by atoms with Gasteiger partial charge in [-0.1, -0.05) is 11.3 Å². The van der Waals surface area contributed by atoms with Crippen LogP contribution in [0.5, 0.6) is 0 Å². The van der Waals surface area contributed by atoms with Crippen molar-refractivity contribution in [3.8, 4) is 5.13 Å². The molecule has 2 aromatic rings. The molecule has 0 bridgehead atoms. The van der Waals surface area contributed by atoms with Crippen LogP contribution in [-0.4, -0.2) is 55.8 Å². The quantitative estimate of drug-likeness (QED) is 0.854. The van der Waals surface area contributed by atoms with Crippen LogP contribution >= 0.6 is 11.3 Å². The van der Waals surface area contributed by atoms with Gasteiger partial charge in [-0.15, -0.1) is 0 Å². The molecule has 0 aliphatic rings. The Labute approximate surface area is 156 Å². The first-order chi connectivity index (χ1) is 12.1. The van der Waals surface area contributed by atoms with Gasteiger partial charge >= 0.3 is 6.09 Å². The molecule has 0 unspecified atom stereocenters. The van der Waals surface area contributed by atoms with Gasteiger partial charge in [-0.2, -0.15) is 9.78 Å². The highest BCUT2D eigenvalue weighted by Gasteiger charge is 2.23. The number of carbonyl (C=O) groups is 2. The number of rotatable bonds is 5. The summed E-state index contributed by atoms with van der Waals surface area (Å²) in [7, 11) is 1.73. The minimum atomic E-state index is -0.590. The fraction of sp³-hybridized carbons (Fsp3) is 0.562. The highest BCUT2D eigenvalue weighted by Crippen LogP contribution is 2.21. The van der Waals surface area contributed by atoms with Crippen LogP contribution in [0.25, 0.3) is 5.13 Å². The summed E-state index contributed by atoms with van der Waals surface area (Å²) in [6.07, 6.45) is 2.36.